The first-order chi connectivity index (χ1) is 11.2. The third-order valence-corrected chi connectivity index (χ3v) is 5.13. The molecule has 1 aliphatic heterocycles. The third-order valence-electron chi connectivity index (χ3n) is 5.13. The quantitative estimate of drug-likeness (QED) is 0.855. The number of benzene rings is 1. The maximum Gasteiger partial charge on any atom is 0.290 e. The lowest BCUT2D eigenvalue weighted by molar-refractivity contribution is -0.0317. The van der Waals surface area contributed by atoms with E-state index in [1.165, 1.54) is 0 Å². The number of aryl methyl sites for hydroxylation is 1. The summed E-state index contributed by atoms with van der Waals surface area (Å²) in [7, 11) is 1.69. The minimum Gasteiger partial charge on any atom is -0.451 e. The van der Waals surface area contributed by atoms with Crippen molar-refractivity contribution < 1.29 is 18.7 Å². The molecule has 0 radical (unpaired) electrons. The highest BCUT2D eigenvalue weighted by molar-refractivity contribution is 5.99. The van der Waals surface area contributed by atoms with Gasteiger partial charge in [0, 0.05) is 24.6 Å². The van der Waals surface area contributed by atoms with Gasteiger partial charge in [0.15, 0.2) is 5.76 Å². The molecule has 1 amide bonds. The van der Waals surface area contributed by atoms with Crippen LogP contribution in [-0.2, 0) is 9.47 Å². The molecule has 0 spiro atoms. The van der Waals surface area contributed by atoms with Crippen LogP contribution < -0.4 is 0 Å². The molecule has 2 aliphatic rings. The number of furan rings is 1. The minimum atomic E-state index is -0.0584. The van der Waals surface area contributed by atoms with Crippen molar-refractivity contribution in [3.8, 4) is 0 Å². The molecule has 122 valence electrons. The van der Waals surface area contributed by atoms with Gasteiger partial charge in [-0.1, -0.05) is 18.2 Å². The van der Waals surface area contributed by atoms with E-state index in [4.69, 9.17) is 13.9 Å². The number of ether oxygens (including phenoxy) is 2. The second-order valence-corrected chi connectivity index (χ2v) is 6.31. The molecule has 1 aliphatic carbocycles. The van der Waals surface area contributed by atoms with Crippen molar-refractivity contribution in [1.82, 2.24) is 4.90 Å². The van der Waals surface area contributed by atoms with Gasteiger partial charge in [-0.05, 0) is 25.8 Å². The fourth-order valence-corrected chi connectivity index (χ4v) is 3.96. The second-order valence-electron chi connectivity index (χ2n) is 6.31. The van der Waals surface area contributed by atoms with Crippen molar-refractivity contribution in [3.63, 3.8) is 0 Å². The SMILES string of the molecule is COC1C2CCC1N(C(=O)c1oc3ccccc3c1C)CCO2. The van der Waals surface area contributed by atoms with Crippen LogP contribution in [0.3, 0.4) is 0 Å². The lowest BCUT2D eigenvalue weighted by Crippen LogP contribution is -2.46. The van der Waals surface area contributed by atoms with Crippen LogP contribution in [0, 0.1) is 6.92 Å². The molecule has 4 rings (SSSR count). The number of nitrogens with zero attached hydrogens (tertiary/aromatic N) is 1. The number of carbonyl (C=O) groups excluding carboxylic acids is 1. The van der Waals surface area contributed by atoms with Crippen molar-refractivity contribution in [1.29, 1.82) is 0 Å². The zero-order chi connectivity index (χ0) is 16.0. The smallest absolute Gasteiger partial charge is 0.290 e. The average molecular weight is 315 g/mol. The maximum atomic E-state index is 13.1. The summed E-state index contributed by atoms with van der Waals surface area (Å²) in [6.07, 6.45) is 1.89. The van der Waals surface area contributed by atoms with Gasteiger partial charge >= 0.3 is 0 Å². The molecule has 3 unspecified atom stereocenters. The summed E-state index contributed by atoms with van der Waals surface area (Å²) >= 11 is 0. The van der Waals surface area contributed by atoms with Gasteiger partial charge in [-0.15, -0.1) is 0 Å². The Hall–Kier alpha value is -1.85. The number of rotatable bonds is 2. The number of carbonyl (C=O) groups is 1. The highest BCUT2D eigenvalue weighted by atomic mass is 16.5. The summed E-state index contributed by atoms with van der Waals surface area (Å²) in [4.78, 5) is 15.0. The zero-order valence-electron chi connectivity index (χ0n) is 13.5. The first-order valence-electron chi connectivity index (χ1n) is 8.14. The lowest BCUT2D eigenvalue weighted by atomic mass is 10.1. The van der Waals surface area contributed by atoms with Gasteiger partial charge in [0.2, 0.25) is 0 Å². The first kappa shape index (κ1) is 14.7. The summed E-state index contributed by atoms with van der Waals surface area (Å²) < 4.78 is 17.3. The van der Waals surface area contributed by atoms with Crippen molar-refractivity contribution in [2.24, 2.45) is 0 Å². The first-order valence-corrected chi connectivity index (χ1v) is 8.14. The van der Waals surface area contributed by atoms with Crippen LogP contribution in [0.2, 0.25) is 0 Å². The fourth-order valence-electron chi connectivity index (χ4n) is 3.96. The number of fused-ring (bicyclic) bond motifs is 3. The Morgan fingerprint density at radius 1 is 1.30 bits per heavy atom. The van der Waals surface area contributed by atoms with Crippen molar-refractivity contribution in [2.75, 3.05) is 20.3 Å². The molecule has 2 aromatic rings. The number of amides is 1. The molecule has 3 atom stereocenters. The van der Waals surface area contributed by atoms with E-state index < -0.39 is 0 Å². The molecular weight excluding hydrogens is 294 g/mol. The number of hydrogen-bond acceptors (Lipinski definition) is 4. The molecule has 1 saturated carbocycles. The lowest BCUT2D eigenvalue weighted by Gasteiger charge is -2.30. The van der Waals surface area contributed by atoms with Crippen molar-refractivity contribution in [3.05, 3.63) is 35.6 Å². The molecule has 5 nitrogen and oxygen atoms in total. The summed E-state index contributed by atoms with van der Waals surface area (Å²) in [6, 6.07) is 7.82. The molecule has 1 aromatic heterocycles. The summed E-state index contributed by atoms with van der Waals surface area (Å²) in [5.74, 6) is 0.378. The Labute approximate surface area is 135 Å². The minimum absolute atomic E-state index is 0.0499. The van der Waals surface area contributed by atoms with Gasteiger partial charge < -0.3 is 18.8 Å². The van der Waals surface area contributed by atoms with Gasteiger partial charge in [-0.25, -0.2) is 0 Å². The zero-order valence-corrected chi connectivity index (χ0v) is 13.5. The van der Waals surface area contributed by atoms with Crippen LogP contribution in [0.15, 0.2) is 28.7 Å². The van der Waals surface area contributed by atoms with Crippen LogP contribution in [0.5, 0.6) is 0 Å². The third kappa shape index (κ3) is 2.26. The van der Waals surface area contributed by atoms with Gasteiger partial charge in [0.05, 0.1) is 18.8 Å². The largest absolute Gasteiger partial charge is 0.451 e. The molecule has 0 N–H and O–H groups in total. The van der Waals surface area contributed by atoms with E-state index in [-0.39, 0.29) is 24.2 Å². The van der Waals surface area contributed by atoms with E-state index in [0.29, 0.717) is 18.9 Å². The topological polar surface area (TPSA) is 51.9 Å². The summed E-state index contributed by atoms with van der Waals surface area (Å²) in [5.41, 5.74) is 1.66. The number of methoxy groups -OCH3 is 1. The molecule has 23 heavy (non-hydrogen) atoms. The second kappa shape index (κ2) is 5.65. The molecule has 2 fully saturated rings. The Morgan fingerprint density at radius 2 is 2.13 bits per heavy atom. The van der Waals surface area contributed by atoms with Crippen LogP contribution in [-0.4, -0.2) is 49.3 Å². The average Bonchev–Trinajstić information content (AvgIpc) is 3.04. The Kier molecular flexibility index (Phi) is 3.62. The highest BCUT2D eigenvalue weighted by Gasteiger charge is 2.45. The van der Waals surface area contributed by atoms with Crippen molar-refractivity contribution in [2.45, 2.75) is 38.0 Å². The van der Waals surface area contributed by atoms with E-state index in [2.05, 4.69) is 0 Å². The van der Waals surface area contributed by atoms with Gasteiger partial charge in [-0.3, -0.25) is 4.79 Å². The van der Waals surface area contributed by atoms with Crippen molar-refractivity contribution >= 4 is 16.9 Å². The standard InChI is InChI=1S/C18H21NO4/c1-11-12-5-3-4-6-14(12)23-16(11)18(20)19-9-10-22-15-8-7-13(19)17(15)21-2/h3-6,13,15,17H,7-10H2,1-2H3. The van der Waals surface area contributed by atoms with Crippen LogP contribution in [0.25, 0.3) is 11.0 Å². The van der Waals surface area contributed by atoms with E-state index in [0.717, 1.165) is 29.4 Å². The Morgan fingerprint density at radius 3 is 2.91 bits per heavy atom. The van der Waals surface area contributed by atoms with Gasteiger partial charge in [-0.2, -0.15) is 0 Å². The predicted octanol–water partition coefficient (Wildman–Crippen LogP) is 2.76. The highest BCUT2D eigenvalue weighted by Crippen LogP contribution is 2.34. The monoisotopic (exact) mass is 315 g/mol. The number of hydrogen-bond donors (Lipinski definition) is 0. The fraction of sp³-hybridized carbons (Fsp3) is 0.500. The van der Waals surface area contributed by atoms with Gasteiger partial charge in [0.25, 0.3) is 5.91 Å². The molecule has 5 heteroatoms. The Bertz CT molecular complexity index is 738. The van der Waals surface area contributed by atoms with Crippen LogP contribution in [0.1, 0.15) is 29.0 Å². The summed E-state index contributed by atoms with van der Waals surface area (Å²) in [5, 5.41) is 0.995. The van der Waals surface area contributed by atoms with E-state index in [9.17, 15) is 4.79 Å². The molecule has 2 bridgehead atoms. The molecule has 1 saturated heterocycles. The molecular formula is C18H21NO4. The Balaban J connectivity index is 1.71. The predicted molar refractivity (Wildman–Crippen MR) is 85.5 cm³/mol. The normalized spacial score (nSPS) is 27.4. The van der Waals surface area contributed by atoms with E-state index in [1.807, 2.05) is 36.1 Å². The maximum absolute atomic E-state index is 13.1. The number of para-hydroxylation sites is 1. The van der Waals surface area contributed by atoms with Gasteiger partial charge in [0.1, 0.15) is 11.7 Å². The molecule has 2 heterocycles. The van der Waals surface area contributed by atoms with E-state index >= 15 is 0 Å². The summed E-state index contributed by atoms with van der Waals surface area (Å²) in [6.45, 7) is 3.07. The van der Waals surface area contributed by atoms with E-state index in [1.54, 1.807) is 7.11 Å². The van der Waals surface area contributed by atoms with Crippen LogP contribution in [0.4, 0.5) is 0 Å². The molecule has 1 aromatic carbocycles. The van der Waals surface area contributed by atoms with Crippen LogP contribution >= 0.6 is 0 Å².